The minimum Gasteiger partial charge on any atom is -0.497 e. The first-order chi connectivity index (χ1) is 15.0. The van der Waals surface area contributed by atoms with Crippen molar-refractivity contribution in [1.82, 2.24) is 14.5 Å². The molecule has 3 aromatic rings. The Hall–Kier alpha value is -2.97. The van der Waals surface area contributed by atoms with Gasteiger partial charge in [0.2, 0.25) is 10.0 Å². The first kappa shape index (κ1) is 21.3. The van der Waals surface area contributed by atoms with Gasteiger partial charge >= 0.3 is 0 Å². The maximum Gasteiger partial charge on any atom is 0.214 e. The maximum atomic E-state index is 12.7. The van der Waals surface area contributed by atoms with Gasteiger partial charge in [0, 0.05) is 31.7 Å². The second-order valence-electron chi connectivity index (χ2n) is 7.45. The summed E-state index contributed by atoms with van der Waals surface area (Å²) in [5, 5.41) is 8.72. The van der Waals surface area contributed by atoms with Gasteiger partial charge in [-0.25, -0.2) is 8.42 Å². The number of hydrogen-bond donors (Lipinski definition) is 0. The fourth-order valence-electron chi connectivity index (χ4n) is 3.65. The third-order valence-corrected chi connectivity index (χ3v) is 7.34. The number of ether oxygens (including phenoxy) is 1. The highest BCUT2D eigenvalue weighted by Crippen LogP contribution is 2.23. The molecule has 4 rings (SSSR count). The Labute approximate surface area is 183 Å². The minimum absolute atomic E-state index is 0.131. The van der Waals surface area contributed by atoms with Crippen LogP contribution in [0.15, 0.2) is 66.7 Å². The lowest BCUT2D eigenvalue weighted by Crippen LogP contribution is -2.49. The molecule has 0 saturated carbocycles. The molecule has 2 heterocycles. The molecule has 0 amide bonds. The average Bonchev–Trinajstić information content (AvgIpc) is 2.84. The van der Waals surface area contributed by atoms with Crippen LogP contribution in [0.3, 0.4) is 0 Å². The van der Waals surface area contributed by atoms with Crippen LogP contribution in [0.4, 0.5) is 5.82 Å². The second-order valence-corrected chi connectivity index (χ2v) is 9.53. The van der Waals surface area contributed by atoms with Gasteiger partial charge < -0.3 is 9.64 Å². The second kappa shape index (κ2) is 9.45. The van der Waals surface area contributed by atoms with Crippen molar-refractivity contribution in [3.8, 4) is 17.0 Å². The Morgan fingerprint density at radius 3 is 2.35 bits per heavy atom. The molecule has 0 unspecified atom stereocenters. The molecule has 2 aromatic carbocycles. The molecule has 1 saturated heterocycles. The van der Waals surface area contributed by atoms with Crippen molar-refractivity contribution in [3.63, 3.8) is 0 Å². The molecule has 0 atom stereocenters. The van der Waals surface area contributed by atoms with Crippen LogP contribution in [0, 0.1) is 0 Å². The first-order valence-corrected chi connectivity index (χ1v) is 11.9. The van der Waals surface area contributed by atoms with Gasteiger partial charge in [-0.2, -0.15) is 4.31 Å². The van der Waals surface area contributed by atoms with Crippen LogP contribution in [0.25, 0.3) is 11.3 Å². The van der Waals surface area contributed by atoms with E-state index in [1.165, 1.54) is 0 Å². The van der Waals surface area contributed by atoms with Crippen molar-refractivity contribution in [2.24, 2.45) is 0 Å². The van der Waals surface area contributed by atoms with Crippen molar-refractivity contribution in [2.75, 3.05) is 43.9 Å². The zero-order chi connectivity index (χ0) is 21.7. The topological polar surface area (TPSA) is 75.6 Å². The van der Waals surface area contributed by atoms with E-state index in [2.05, 4.69) is 15.1 Å². The summed E-state index contributed by atoms with van der Waals surface area (Å²) in [6, 6.07) is 21.3. The van der Waals surface area contributed by atoms with Gasteiger partial charge in [0.05, 0.1) is 18.6 Å². The van der Waals surface area contributed by atoms with E-state index in [4.69, 9.17) is 4.74 Å². The van der Waals surface area contributed by atoms with Crippen LogP contribution in [-0.2, 0) is 16.4 Å². The van der Waals surface area contributed by atoms with Crippen molar-refractivity contribution >= 4 is 15.8 Å². The van der Waals surface area contributed by atoms with Crippen molar-refractivity contribution in [2.45, 2.75) is 6.42 Å². The lowest BCUT2D eigenvalue weighted by Gasteiger charge is -2.34. The molecule has 1 aromatic heterocycles. The Bertz CT molecular complexity index is 1100. The summed E-state index contributed by atoms with van der Waals surface area (Å²) in [7, 11) is -1.64. The minimum atomic E-state index is -3.28. The van der Waals surface area contributed by atoms with Crippen LogP contribution in [0.2, 0.25) is 0 Å². The molecule has 1 aliphatic heterocycles. The molecule has 162 valence electrons. The molecule has 8 heteroatoms. The number of hydrogen-bond acceptors (Lipinski definition) is 6. The predicted octanol–water partition coefficient (Wildman–Crippen LogP) is 2.85. The highest BCUT2D eigenvalue weighted by atomic mass is 32.2. The molecule has 1 aliphatic rings. The first-order valence-electron chi connectivity index (χ1n) is 10.3. The normalized spacial score (nSPS) is 15.1. The molecule has 7 nitrogen and oxygen atoms in total. The standard InChI is InChI=1S/C23H26N4O3S/c1-30-21-9-5-8-20(18-21)22-10-11-23(25-24-22)26-13-15-27(16-14-26)31(28,29)17-12-19-6-3-2-4-7-19/h2-11,18H,12-17H2,1H3. The molecule has 0 aliphatic carbocycles. The summed E-state index contributed by atoms with van der Waals surface area (Å²) < 4.78 is 32.3. The molecule has 31 heavy (non-hydrogen) atoms. The highest BCUT2D eigenvalue weighted by Gasteiger charge is 2.27. The number of nitrogens with zero attached hydrogens (tertiary/aromatic N) is 4. The van der Waals surface area contributed by atoms with E-state index in [0.29, 0.717) is 32.6 Å². The number of aromatic nitrogens is 2. The van der Waals surface area contributed by atoms with E-state index in [-0.39, 0.29) is 5.75 Å². The summed E-state index contributed by atoms with van der Waals surface area (Å²) in [6.45, 7) is 2.10. The highest BCUT2D eigenvalue weighted by molar-refractivity contribution is 7.89. The Balaban J connectivity index is 1.35. The van der Waals surface area contributed by atoms with Gasteiger partial charge in [-0.05, 0) is 36.2 Å². The summed E-state index contributed by atoms with van der Waals surface area (Å²) in [5.41, 5.74) is 2.74. The third kappa shape index (κ3) is 5.21. The van der Waals surface area contributed by atoms with Crippen molar-refractivity contribution < 1.29 is 13.2 Å². The largest absolute Gasteiger partial charge is 0.497 e. The maximum absolute atomic E-state index is 12.7. The fourth-order valence-corrected chi connectivity index (χ4v) is 5.12. The van der Waals surface area contributed by atoms with Gasteiger partial charge in [0.1, 0.15) is 5.75 Å². The van der Waals surface area contributed by atoms with E-state index in [1.54, 1.807) is 11.4 Å². The number of piperazine rings is 1. The van der Waals surface area contributed by atoms with Crippen molar-refractivity contribution in [3.05, 3.63) is 72.3 Å². The Morgan fingerprint density at radius 2 is 1.68 bits per heavy atom. The van der Waals surface area contributed by atoms with E-state index in [0.717, 1.165) is 28.4 Å². The molecule has 0 bridgehead atoms. The lowest BCUT2D eigenvalue weighted by molar-refractivity contribution is 0.383. The van der Waals surface area contributed by atoms with Gasteiger partial charge in [-0.3, -0.25) is 0 Å². The summed E-state index contributed by atoms with van der Waals surface area (Å²) in [6.07, 6.45) is 0.528. The van der Waals surface area contributed by atoms with E-state index < -0.39 is 10.0 Å². The van der Waals surface area contributed by atoms with Crippen molar-refractivity contribution in [1.29, 1.82) is 0 Å². The number of benzene rings is 2. The van der Waals surface area contributed by atoms with Crippen LogP contribution in [-0.4, -0.2) is 62.0 Å². The number of methoxy groups -OCH3 is 1. The quantitative estimate of drug-likeness (QED) is 0.565. The predicted molar refractivity (Wildman–Crippen MR) is 122 cm³/mol. The number of sulfonamides is 1. The Morgan fingerprint density at radius 1 is 0.903 bits per heavy atom. The summed E-state index contributed by atoms with van der Waals surface area (Å²) >= 11 is 0. The monoisotopic (exact) mass is 438 g/mol. The van der Waals surface area contributed by atoms with Crippen LogP contribution in [0.5, 0.6) is 5.75 Å². The zero-order valence-corrected chi connectivity index (χ0v) is 18.3. The number of anilines is 1. The van der Waals surface area contributed by atoms with Gasteiger partial charge in [-0.1, -0.05) is 42.5 Å². The average molecular weight is 439 g/mol. The van der Waals surface area contributed by atoms with E-state index in [9.17, 15) is 8.42 Å². The molecule has 0 radical (unpaired) electrons. The van der Waals surface area contributed by atoms with Gasteiger partial charge in [0.25, 0.3) is 0 Å². The van der Waals surface area contributed by atoms with Crippen LogP contribution < -0.4 is 9.64 Å². The zero-order valence-electron chi connectivity index (χ0n) is 17.5. The molecular formula is C23H26N4O3S. The molecule has 0 spiro atoms. The van der Waals surface area contributed by atoms with Gasteiger partial charge in [0.15, 0.2) is 5.82 Å². The van der Waals surface area contributed by atoms with E-state index >= 15 is 0 Å². The summed E-state index contributed by atoms with van der Waals surface area (Å²) in [5.74, 6) is 1.66. The third-order valence-electron chi connectivity index (χ3n) is 5.46. The fraction of sp³-hybridized carbons (Fsp3) is 0.304. The molecule has 0 N–H and O–H groups in total. The Kier molecular flexibility index (Phi) is 6.48. The molecular weight excluding hydrogens is 412 g/mol. The van der Waals surface area contributed by atoms with Crippen LogP contribution >= 0.6 is 0 Å². The van der Waals surface area contributed by atoms with E-state index in [1.807, 2.05) is 66.7 Å². The lowest BCUT2D eigenvalue weighted by atomic mass is 10.1. The SMILES string of the molecule is COc1cccc(-c2ccc(N3CCN(S(=O)(=O)CCc4ccccc4)CC3)nn2)c1. The number of aryl methyl sites for hydroxylation is 1. The number of rotatable bonds is 7. The smallest absolute Gasteiger partial charge is 0.214 e. The molecule has 1 fully saturated rings. The summed E-state index contributed by atoms with van der Waals surface area (Å²) in [4.78, 5) is 2.07. The van der Waals surface area contributed by atoms with Gasteiger partial charge in [-0.15, -0.1) is 10.2 Å². The van der Waals surface area contributed by atoms with Crippen LogP contribution in [0.1, 0.15) is 5.56 Å².